The molecule has 0 aliphatic rings. The Bertz CT molecular complexity index is 956. The molecule has 6 heteroatoms. The maximum atomic E-state index is 12.6. The van der Waals surface area contributed by atoms with E-state index in [-0.39, 0.29) is 11.5 Å². The second kappa shape index (κ2) is 5.96. The largest absolute Gasteiger partial charge is 0.321 e. The van der Waals surface area contributed by atoms with Crippen LogP contribution in [-0.4, -0.2) is 15.5 Å². The van der Waals surface area contributed by atoms with Gasteiger partial charge in [-0.15, -0.1) is 11.3 Å². The molecule has 1 aromatic carbocycles. The molecule has 0 bridgehead atoms. The van der Waals surface area contributed by atoms with Gasteiger partial charge in [0.15, 0.2) is 0 Å². The van der Waals surface area contributed by atoms with Crippen LogP contribution in [0.25, 0.3) is 10.2 Å². The van der Waals surface area contributed by atoms with Crippen LogP contribution in [0.5, 0.6) is 0 Å². The average Bonchev–Trinajstić information content (AvgIpc) is 2.89. The first kappa shape index (κ1) is 15.4. The third-order valence-electron chi connectivity index (χ3n) is 3.81. The quantitative estimate of drug-likeness (QED) is 0.804. The number of nitrogens with zero attached hydrogens (tertiary/aromatic N) is 2. The number of carbonyl (C=O) groups excluding carboxylic acids is 1. The number of aromatic nitrogens is 2. The van der Waals surface area contributed by atoms with Gasteiger partial charge in [-0.3, -0.25) is 9.59 Å². The fraction of sp³-hybridized carbons (Fsp3) is 0.235. The molecular formula is C17H17N3O2S. The summed E-state index contributed by atoms with van der Waals surface area (Å²) in [7, 11) is 1.65. The van der Waals surface area contributed by atoms with Gasteiger partial charge >= 0.3 is 0 Å². The van der Waals surface area contributed by atoms with Crippen LogP contribution in [0.1, 0.15) is 27.7 Å². The van der Waals surface area contributed by atoms with Crippen LogP contribution in [0.3, 0.4) is 0 Å². The predicted molar refractivity (Wildman–Crippen MR) is 93.4 cm³/mol. The average molecular weight is 327 g/mol. The third kappa shape index (κ3) is 2.77. The fourth-order valence-electron chi connectivity index (χ4n) is 2.48. The molecule has 3 aromatic rings. The zero-order valence-electron chi connectivity index (χ0n) is 13.2. The normalized spacial score (nSPS) is 10.9. The van der Waals surface area contributed by atoms with Gasteiger partial charge in [-0.25, -0.2) is 4.98 Å². The van der Waals surface area contributed by atoms with Crippen molar-refractivity contribution in [2.24, 2.45) is 7.05 Å². The molecule has 1 N–H and O–H groups in total. The SMILES string of the molecule is CCc1cccc(NC(=O)c2sc3ncn(C)c(=O)c3c2C)c1. The number of aryl methyl sites for hydroxylation is 3. The van der Waals surface area contributed by atoms with Crippen LogP contribution in [-0.2, 0) is 13.5 Å². The summed E-state index contributed by atoms with van der Waals surface area (Å²) in [4.78, 5) is 30.2. The second-order valence-electron chi connectivity index (χ2n) is 5.41. The molecule has 0 aliphatic heterocycles. The van der Waals surface area contributed by atoms with Crippen LogP contribution in [0.2, 0.25) is 0 Å². The van der Waals surface area contributed by atoms with Gasteiger partial charge < -0.3 is 9.88 Å². The number of nitrogens with one attached hydrogen (secondary N) is 1. The lowest BCUT2D eigenvalue weighted by Gasteiger charge is -2.06. The standard InChI is InChI=1S/C17H17N3O2S/c1-4-11-6-5-7-12(8-11)19-15(21)14-10(2)13-16(23-14)18-9-20(3)17(13)22/h5-9H,4H2,1-3H3,(H,19,21). The molecule has 0 spiro atoms. The first-order valence-electron chi connectivity index (χ1n) is 7.36. The topological polar surface area (TPSA) is 64.0 Å². The van der Waals surface area contributed by atoms with Crippen LogP contribution in [0, 0.1) is 6.92 Å². The monoisotopic (exact) mass is 327 g/mol. The van der Waals surface area contributed by atoms with Gasteiger partial charge in [0, 0.05) is 12.7 Å². The second-order valence-corrected chi connectivity index (χ2v) is 6.40. The van der Waals surface area contributed by atoms with Crippen molar-refractivity contribution in [1.82, 2.24) is 9.55 Å². The Balaban J connectivity index is 1.99. The van der Waals surface area contributed by atoms with E-state index in [9.17, 15) is 9.59 Å². The summed E-state index contributed by atoms with van der Waals surface area (Å²) in [6.45, 7) is 3.86. The summed E-state index contributed by atoms with van der Waals surface area (Å²) < 4.78 is 1.43. The van der Waals surface area contributed by atoms with E-state index in [1.165, 1.54) is 22.2 Å². The van der Waals surface area contributed by atoms with E-state index >= 15 is 0 Å². The zero-order chi connectivity index (χ0) is 16.6. The van der Waals surface area contributed by atoms with Gasteiger partial charge in [0.25, 0.3) is 11.5 Å². The van der Waals surface area contributed by atoms with E-state index in [1.807, 2.05) is 24.3 Å². The van der Waals surface area contributed by atoms with E-state index in [2.05, 4.69) is 17.2 Å². The smallest absolute Gasteiger partial charge is 0.266 e. The van der Waals surface area contributed by atoms with Crippen molar-refractivity contribution in [3.63, 3.8) is 0 Å². The first-order chi connectivity index (χ1) is 11.0. The summed E-state index contributed by atoms with van der Waals surface area (Å²) >= 11 is 1.25. The Kier molecular flexibility index (Phi) is 4.00. The zero-order valence-corrected chi connectivity index (χ0v) is 14.0. The van der Waals surface area contributed by atoms with Crippen molar-refractivity contribution in [3.05, 3.63) is 57.0 Å². The van der Waals surface area contributed by atoms with Gasteiger partial charge in [-0.05, 0) is 36.6 Å². The molecule has 0 fully saturated rings. The van der Waals surface area contributed by atoms with E-state index in [4.69, 9.17) is 0 Å². The molecule has 0 radical (unpaired) electrons. The van der Waals surface area contributed by atoms with Gasteiger partial charge in [-0.1, -0.05) is 19.1 Å². The van der Waals surface area contributed by atoms with Crippen LogP contribution in [0.4, 0.5) is 5.69 Å². The van der Waals surface area contributed by atoms with Crippen molar-refractivity contribution in [2.45, 2.75) is 20.3 Å². The number of rotatable bonds is 3. The molecule has 3 rings (SSSR count). The summed E-state index contributed by atoms with van der Waals surface area (Å²) in [6.07, 6.45) is 2.39. The highest BCUT2D eigenvalue weighted by atomic mass is 32.1. The summed E-state index contributed by atoms with van der Waals surface area (Å²) in [5, 5.41) is 3.42. The molecule has 0 saturated carbocycles. The molecule has 2 aromatic heterocycles. The van der Waals surface area contributed by atoms with Crippen molar-refractivity contribution in [1.29, 1.82) is 0 Å². The lowest BCUT2D eigenvalue weighted by Crippen LogP contribution is -2.17. The molecule has 5 nitrogen and oxygen atoms in total. The molecule has 0 unspecified atom stereocenters. The molecule has 2 heterocycles. The number of hydrogen-bond acceptors (Lipinski definition) is 4. The van der Waals surface area contributed by atoms with E-state index in [0.29, 0.717) is 20.7 Å². The number of amides is 1. The summed E-state index contributed by atoms with van der Waals surface area (Å²) in [5.41, 5.74) is 2.47. The maximum Gasteiger partial charge on any atom is 0.266 e. The van der Waals surface area contributed by atoms with E-state index in [0.717, 1.165) is 17.7 Å². The number of hydrogen-bond donors (Lipinski definition) is 1. The molecule has 0 aliphatic carbocycles. The predicted octanol–water partition coefficient (Wildman–Crippen LogP) is 3.12. The van der Waals surface area contributed by atoms with Crippen molar-refractivity contribution < 1.29 is 4.79 Å². The Hall–Kier alpha value is -2.47. The van der Waals surface area contributed by atoms with E-state index in [1.54, 1.807) is 14.0 Å². The molecule has 1 amide bonds. The first-order valence-corrected chi connectivity index (χ1v) is 8.18. The number of fused-ring (bicyclic) bond motifs is 1. The Morgan fingerprint density at radius 3 is 2.91 bits per heavy atom. The minimum Gasteiger partial charge on any atom is -0.321 e. The number of carbonyl (C=O) groups is 1. The molecule has 23 heavy (non-hydrogen) atoms. The Labute approximate surface area is 137 Å². The Morgan fingerprint density at radius 2 is 2.17 bits per heavy atom. The molecule has 0 atom stereocenters. The van der Waals surface area contributed by atoms with Crippen LogP contribution >= 0.6 is 11.3 Å². The summed E-state index contributed by atoms with van der Waals surface area (Å²) in [5.74, 6) is -0.208. The minimum absolute atomic E-state index is 0.129. The van der Waals surface area contributed by atoms with Gasteiger partial charge in [-0.2, -0.15) is 0 Å². The number of anilines is 1. The highest BCUT2D eigenvalue weighted by Crippen LogP contribution is 2.27. The fourth-order valence-corrected chi connectivity index (χ4v) is 3.52. The molecular weight excluding hydrogens is 310 g/mol. The van der Waals surface area contributed by atoms with Gasteiger partial charge in [0.05, 0.1) is 16.6 Å². The van der Waals surface area contributed by atoms with Crippen LogP contribution in [0.15, 0.2) is 35.4 Å². The van der Waals surface area contributed by atoms with Crippen molar-refractivity contribution in [3.8, 4) is 0 Å². The van der Waals surface area contributed by atoms with Crippen LogP contribution < -0.4 is 10.9 Å². The maximum absolute atomic E-state index is 12.6. The lowest BCUT2D eigenvalue weighted by atomic mass is 10.1. The summed E-state index contributed by atoms with van der Waals surface area (Å²) in [6, 6.07) is 7.76. The number of benzene rings is 1. The van der Waals surface area contributed by atoms with Gasteiger partial charge in [0.1, 0.15) is 4.83 Å². The Morgan fingerprint density at radius 1 is 1.39 bits per heavy atom. The lowest BCUT2D eigenvalue weighted by molar-refractivity contribution is 0.103. The van der Waals surface area contributed by atoms with Gasteiger partial charge in [0.2, 0.25) is 0 Å². The van der Waals surface area contributed by atoms with E-state index < -0.39 is 0 Å². The molecule has 0 saturated heterocycles. The molecule has 118 valence electrons. The minimum atomic E-state index is -0.208. The third-order valence-corrected chi connectivity index (χ3v) is 5.01. The van der Waals surface area contributed by atoms with Crippen molar-refractivity contribution >= 4 is 33.1 Å². The highest BCUT2D eigenvalue weighted by Gasteiger charge is 2.19. The number of thiophene rings is 1. The highest BCUT2D eigenvalue weighted by molar-refractivity contribution is 7.20. The van der Waals surface area contributed by atoms with Crippen molar-refractivity contribution in [2.75, 3.05) is 5.32 Å².